The Morgan fingerprint density at radius 2 is 1.94 bits per heavy atom. The molecule has 1 N–H and O–H groups in total. The molecule has 1 aliphatic heterocycles. The van der Waals surface area contributed by atoms with Gasteiger partial charge in [0.15, 0.2) is 0 Å². The summed E-state index contributed by atoms with van der Waals surface area (Å²) in [5.74, 6) is 1.38. The lowest BCUT2D eigenvalue weighted by Gasteiger charge is -2.29. The lowest BCUT2D eigenvalue weighted by Crippen LogP contribution is -2.36. The Labute approximate surface area is 218 Å². The van der Waals surface area contributed by atoms with Crippen LogP contribution in [0.3, 0.4) is 0 Å². The first-order valence-electron chi connectivity index (χ1n) is 11.2. The molecule has 3 rings (SSSR count). The predicted molar refractivity (Wildman–Crippen MR) is 142 cm³/mol. The van der Waals surface area contributed by atoms with Crippen LogP contribution in [-0.2, 0) is 4.79 Å². The number of aliphatic hydroxyl groups excluding tert-OH is 1. The molecule has 0 spiro atoms. The van der Waals surface area contributed by atoms with Gasteiger partial charge in [-0.15, -0.1) is 12.4 Å². The maximum atomic E-state index is 12.6. The highest BCUT2D eigenvalue weighted by molar-refractivity contribution is 8.00. The molecule has 1 heterocycles. The van der Waals surface area contributed by atoms with Crippen LogP contribution in [0.2, 0.25) is 5.02 Å². The van der Waals surface area contributed by atoms with Crippen molar-refractivity contribution in [1.29, 1.82) is 0 Å². The topological polar surface area (TPSA) is 62.2 Å². The van der Waals surface area contributed by atoms with Crippen molar-refractivity contribution in [2.45, 2.75) is 56.5 Å². The Bertz CT molecular complexity index is 976. The highest BCUT2D eigenvalue weighted by Crippen LogP contribution is 2.54. The van der Waals surface area contributed by atoms with Gasteiger partial charge in [0.25, 0.3) is 0 Å². The molecule has 1 amide bonds. The molecular weight excluding hydrogens is 495 g/mol. The average Bonchev–Trinajstić information content (AvgIpc) is 3.15. The number of hydrogen-bond donors (Lipinski definition) is 1. The zero-order valence-corrected chi connectivity index (χ0v) is 22.7. The zero-order valence-electron chi connectivity index (χ0n) is 20.3. The molecule has 2 aromatic rings. The van der Waals surface area contributed by atoms with E-state index in [0.29, 0.717) is 23.4 Å². The normalized spacial score (nSPS) is 15.8. The number of anilines is 1. The van der Waals surface area contributed by atoms with Crippen molar-refractivity contribution in [2.75, 3.05) is 31.7 Å². The summed E-state index contributed by atoms with van der Waals surface area (Å²) in [5, 5.41) is 9.68. The number of aliphatic hydroxyl groups is 1. The van der Waals surface area contributed by atoms with Gasteiger partial charge in [-0.2, -0.15) is 0 Å². The monoisotopic (exact) mass is 528 g/mol. The summed E-state index contributed by atoms with van der Waals surface area (Å²) < 4.78 is 11.9. The van der Waals surface area contributed by atoms with Gasteiger partial charge in [0.05, 0.1) is 25.5 Å². The minimum absolute atomic E-state index is 0. The Morgan fingerprint density at radius 3 is 2.56 bits per heavy atom. The number of carbonyl (C=O) groups excluding carboxylic acids is 1. The zero-order chi connectivity index (χ0) is 24.1. The number of amides is 1. The van der Waals surface area contributed by atoms with E-state index in [9.17, 15) is 9.90 Å². The lowest BCUT2D eigenvalue weighted by atomic mass is 10.1. The van der Waals surface area contributed by atoms with Gasteiger partial charge in [0, 0.05) is 41.5 Å². The third-order valence-electron chi connectivity index (χ3n) is 5.75. The van der Waals surface area contributed by atoms with Crippen LogP contribution < -0.4 is 14.4 Å². The molecule has 2 aromatic carbocycles. The van der Waals surface area contributed by atoms with Crippen LogP contribution in [0.1, 0.15) is 45.1 Å². The first-order chi connectivity index (χ1) is 15.7. The van der Waals surface area contributed by atoms with Crippen molar-refractivity contribution in [1.82, 2.24) is 4.90 Å². The third kappa shape index (κ3) is 6.73. The number of rotatable bonds is 10. The Kier molecular flexibility index (Phi) is 10.8. The second kappa shape index (κ2) is 12.9. The van der Waals surface area contributed by atoms with E-state index in [2.05, 4.69) is 18.7 Å². The van der Waals surface area contributed by atoms with Gasteiger partial charge in [0.2, 0.25) is 5.91 Å². The van der Waals surface area contributed by atoms with E-state index >= 15 is 0 Å². The molecule has 0 aromatic heterocycles. The molecule has 0 fully saturated rings. The number of methoxy groups -OCH3 is 1. The van der Waals surface area contributed by atoms with E-state index in [4.69, 9.17) is 21.1 Å². The van der Waals surface area contributed by atoms with E-state index < -0.39 is 0 Å². The maximum Gasteiger partial charge on any atom is 0.225 e. The average molecular weight is 530 g/mol. The van der Waals surface area contributed by atoms with Gasteiger partial charge in [-0.3, -0.25) is 14.6 Å². The highest BCUT2D eigenvalue weighted by Gasteiger charge is 2.36. The molecule has 0 aliphatic carbocycles. The number of halogens is 2. The second-order valence-corrected chi connectivity index (χ2v) is 10.0. The van der Waals surface area contributed by atoms with Crippen molar-refractivity contribution in [3.63, 3.8) is 0 Å². The van der Waals surface area contributed by atoms with Crippen molar-refractivity contribution in [2.24, 2.45) is 0 Å². The van der Waals surface area contributed by atoms with Crippen LogP contribution in [0, 0.1) is 0 Å². The van der Waals surface area contributed by atoms with Crippen molar-refractivity contribution in [3.8, 4) is 11.5 Å². The van der Waals surface area contributed by atoms with Crippen LogP contribution >= 0.6 is 35.8 Å². The molecule has 2 atom stereocenters. The number of nitrogens with zero attached hydrogens (tertiary/aromatic N) is 2. The molecular formula is C25H34Cl2N2O4S. The van der Waals surface area contributed by atoms with Gasteiger partial charge in [-0.1, -0.05) is 23.4 Å². The maximum absolute atomic E-state index is 12.6. The fraction of sp³-hybridized carbons (Fsp3) is 0.480. The summed E-state index contributed by atoms with van der Waals surface area (Å²) in [6, 6.07) is 11.7. The largest absolute Gasteiger partial charge is 0.497 e. The molecule has 0 saturated heterocycles. The number of hydrogen-bond acceptors (Lipinski definition) is 6. The fourth-order valence-corrected chi connectivity index (χ4v) is 5.59. The number of fused-ring (bicyclic) bond motifs is 1. The molecule has 0 bridgehead atoms. The molecule has 0 radical (unpaired) electrons. The van der Waals surface area contributed by atoms with Crippen LogP contribution in [0.4, 0.5) is 5.69 Å². The van der Waals surface area contributed by atoms with Crippen molar-refractivity contribution < 1.29 is 19.4 Å². The standard InChI is InChI=1S/C25H33ClN2O4S.ClH/c1-16(2)27(12-13-29)11-10-17(3)32-23-9-7-20(31-5)15-21(23)25-28(18(4)30)22-8-6-19(26)14-24(22)33-25;/h6-9,14-17,25,29H,10-13H2,1-5H3;1H. The van der Waals surface area contributed by atoms with E-state index in [1.165, 1.54) is 0 Å². The van der Waals surface area contributed by atoms with Gasteiger partial charge in [-0.25, -0.2) is 0 Å². The van der Waals surface area contributed by atoms with Gasteiger partial charge < -0.3 is 14.6 Å². The molecule has 0 saturated carbocycles. The molecule has 6 nitrogen and oxygen atoms in total. The van der Waals surface area contributed by atoms with E-state index in [0.717, 1.165) is 34.9 Å². The lowest BCUT2D eigenvalue weighted by molar-refractivity contribution is -0.116. The molecule has 34 heavy (non-hydrogen) atoms. The smallest absolute Gasteiger partial charge is 0.225 e. The predicted octanol–water partition coefficient (Wildman–Crippen LogP) is 5.79. The molecule has 9 heteroatoms. The van der Waals surface area contributed by atoms with E-state index in [1.54, 1.807) is 36.8 Å². The summed E-state index contributed by atoms with van der Waals surface area (Å²) in [7, 11) is 1.63. The third-order valence-corrected chi connectivity index (χ3v) is 7.25. The number of thioether (sulfide) groups is 1. The van der Waals surface area contributed by atoms with Gasteiger partial charge >= 0.3 is 0 Å². The van der Waals surface area contributed by atoms with Crippen LogP contribution in [0.5, 0.6) is 11.5 Å². The van der Waals surface area contributed by atoms with Crippen molar-refractivity contribution >= 4 is 47.4 Å². The molecule has 2 unspecified atom stereocenters. The van der Waals surface area contributed by atoms with Crippen LogP contribution in [0.15, 0.2) is 41.3 Å². The van der Waals surface area contributed by atoms with E-state index in [-0.39, 0.29) is 36.4 Å². The molecule has 1 aliphatic rings. The highest BCUT2D eigenvalue weighted by atomic mass is 35.5. The Balaban J connectivity index is 0.00000408. The number of benzene rings is 2. The quantitative estimate of drug-likeness (QED) is 0.421. The minimum atomic E-state index is -0.283. The summed E-state index contributed by atoms with van der Waals surface area (Å²) in [4.78, 5) is 17.6. The Hall–Kier alpha value is -1.64. The summed E-state index contributed by atoms with van der Waals surface area (Å²) in [5.41, 5.74) is 1.73. The number of carbonyl (C=O) groups is 1. The van der Waals surface area contributed by atoms with E-state index in [1.807, 2.05) is 37.3 Å². The fourth-order valence-electron chi connectivity index (χ4n) is 3.95. The molecule has 188 valence electrons. The summed E-state index contributed by atoms with van der Waals surface area (Å²) >= 11 is 7.79. The summed E-state index contributed by atoms with van der Waals surface area (Å²) in [6.07, 6.45) is 0.763. The second-order valence-electron chi connectivity index (χ2n) is 8.45. The Morgan fingerprint density at radius 1 is 1.21 bits per heavy atom. The minimum Gasteiger partial charge on any atom is -0.497 e. The van der Waals surface area contributed by atoms with Gasteiger partial charge in [0.1, 0.15) is 16.9 Å². The SMILES string of the molecule is COc1ccc(OC(C)CCN(CCO)C(C)C)c(C2Sc3cc(Cl)ccc3N2C(C)=O)c1.Cl. The van der Waals surface area contributed by atoms with Gasteiger partial charge in [-0.05, 0) is 63.6 Å². The van der Waals surface area contributed by atoms with Crippen molar-refractivity contribution in [3.05, 3.63) is 47.0 Å². The van der Waals surface area contributed by atoms with Crippen LogP contribution in [-0.4, -0.2) is 54.9 Å². The summed E-state index contributed by atoms with van der Waals surface area (Å²) in [6.45, 7) is 9.48. The first-order valence-corrected chi connectivity index (χ1v) is 12.5. The first kappa shape index (κ1) is 28.6. The van der Waals surface area contributed by atoms with Crippen LogP contribution in [0.25, 0.3) is 0 Å². The number of ether oxygens (including phenoxy) is 2.